The average Bonchev–Trinajstić information content (AvgIpc) is 3.05. The summed E-state index contributed by atoms with van der Waals surface area (Å²) in [5, 5.41) is 42.4. The van der Waals surface area contributed by atoms with E-state index >= 15 is 0 Å². The van der Waals surface area contributed by atoms with E-state index in [2.05, 4.69) is 13.8 Å². The number of carboxylic acids is 1. The van der Waals surface area contributed by atoms with Crippen LogP contribution in [-0.2, 0) is 4.79 Å². The molecule has 0 aliphatic heterocycles. The van der Waals surface area contributed by atoms with Crippen LogP contribution in [0.4, 0.5) is 0 Å². The molecule has 0 spiro atoms. The van der Waals surface area contributed by atoms with Gasteiger partial charge in [0.05, 0.1) is 19.7 Å². The topological polar surface area (TPSA) is 98.0 Å². The van der Waals surface area contributed by atoms with E-state index in [4.69, 9.17) is 12.0 Å². The van der Waals surface area contributed by atoms with E-state index in [9.17, 15) is 20.1 Å². The monoisotopic (exact) mass is 413 g/mol. The number of fused-ring (bicyclic) bond motifs is 5. The number of carboxylic acid groups (broad SMARTS) is 1. The van der Waals surface area contributed by atoms with E-state index in [1.807, 2.05) is 0 Å². The maximum atomic E-state index is 11.4. The van der Waals surface area contributed by atoms with Gasteiger partial charge in [-0.25, -0.2) is 0 Å². The molecule has 4 aliphatic carbocycles. The first-order chi connectivity index (χ1) is 15.4. The number of rotatable bonds is 4. The first-order valence-electron chi connectivity index (χ1n) is 13.7. The van der Waals surface area contributed by atoms with Crippen LogP contribution in [0.25, 0.3) is 0 Å². The standard InChI is InChI=1S/C24H40O5/c1-13(4-7-19(26)27)15-5-6-16-20-17(9-11-23(15,16)2)24(3)10-8-14(25)12-18(24)21(28)22(20)29/h13-18,20-22,25,28-29H,4-12H2,1-3H3,(H,26,27)/t13-,14-,15-,16+,17+,18+,20+,21+,22+,23-,24-/m1/s1/i8D2,12D2,14D. The van der Waals surface area contributed by atoms with Gasteiger partial charge in [0.25, 0.3) is 0 Å². The van der Waals surface area contributed by atoms with E-state index < -0.39 is 48.3 Å². The van der Waals surface area contributed by atoms with Crippen LogP contribution in [0.5, 0.6) is 0 Å². The van der Waals surface area contributed by atoms with E-state index in [1.165, 1.54) is 0 Å². The molecular weight excluding hydrogens is 368 g/mol. The lowest BCUT2D eigenvalue weighted by molar-refractivity contribution is -0.223. The van der Waals surface area contributed by atoms with Gasteiger partial charge in [0.1, 0.15) is 0 Å². The van der Waals surface area contributed by atoms with Crippen LogP contribution in [0, 0.1) is 46.3 Å². The molecule has 0 amide bonds. The Labute approximate surface area is 181 Å². The zero-order chi connectivity index (χ0) is 25.6. The molecule has 0 radical (unpaired) electrons. The maximum absolute atomic E-state index is 11.4. The Kier molecular flexibility index (Phi) is 4.15. The van der Waals surface area contributed by atoms with Gasteiger partial charge in [-0.2, -0.15) is 0 Å². The molecule has 166 valence electrons. The minimum atomic E-state index is -3.04. The molecule has 4 aliphatic rings. The van der Waals surface area contributed by atoms with Gasteiger partial charge in [-0.05, 0) is 97.6 Å². The number of carbonyl (C=O) groups is 1. The zero-order valence-electron chi connectivity index (χ0n) is 22.8. The van der Waals surface area contributed by atoms with Crippen molar-refractivity contribution in [2.24, 2.45) is 46.3 Å². The van der Waals surface area contributed by atoms with Crippen LogP contribution in [0.3, 0.4) is 0 Å². The molecule has 0 aromatic rings. The fourth-order valence-corrected chi connectivity index (χ4v) is 7.98. The van der Waals surface area contributed by atoms with Gasteiger partial charge >= 0.3 is 5.97 Å². The molecule has 0 aromatic carbocycles. The fraction of sp³-hybridized carbons (Fsp3) is 0.958. The highest BCUT2D eigenvalue weighted by atomic mass is 16.4. The van der Waals surface area contributed by atoms with Crippen molar-refractivity contribution in [3.8, 4) is 0 Å². The lowest BCUT2D eigenvalue weighted by Gasteiger charge is -2.63. The third-order valence-electron chi connectivity index (χ3n) is 9.48. The molecule has 4 rings (SSSR count). The fourth-order valence-electron chi connectivity index (χ4n) is 7.98. The number of aliphatic hydroxyl groups excluding tert-OH is 2. The molecule has 5 nitrogen and oxygen atoms in total. The van der Waals surface area contributed by atoms with Gasteiger partial charge in [-0.1, -0.05) is 20.8 Å². The van der Waals surface area contributed by atoms with Crippen molar-refractivity contribution in [3.05, 3.63) is 0 Å². The van der Waals surface area contributed by atoms with E-state index in [1.54, 1.807) is 6.92 Å². The summed E-state index contributed by atoms with van der Waals surface area (Å²) < 4.78 is 42.2. The first kappa shape index (κ1) is 16.0. The van der Waals surface area contributed by atoms with Crippen molar-refractivity contribution in [3.63, 3.8) is 0 Å². The molecule has 4 N–H and O–H groups in total. The van der Waals surface area contributed by atoms with Crippen molar-refractivity contribution < 1.29 is 32.1 Å². The Morgan fingerprint density at radius 1 is 1.07 bits per heavy atom. The summed E-state index contributed by atoms with van der Waals surface area (Å²) in [7, 11) is 0. The number of hydrogen-bond donors (Lipinski definition) is 4. The highest BCUT2D eigenvalue weighted by Gasteiger charge is 2.65. The minimum absolute atomic E-state index is 0.0551. The summed E-state index contributed by atoms with van der Waals surface area (Å²) in [5.74, 6) is -2.12. The van der Waals surface area contributed by atoms with Crippen LogP contribution in [0.2, 0.25) is 0 Å². The second kappa shape index (κ2) is 7.49. The van der Waals surface area contributed by atoms with E-state index in [-0.39, 0.29) is 47.8 Å². The molecule has 4 fully saturated rings. The molecule has 0 unspecified atom stereocenters. The number of aliphatic hydroxyl groups is 3. The van der Waals surface area contributed by atoms with Crippen molar-refractivity contribution in [1.29, 1.82) is 0 Å². The Hall–Kier alpha value is -0.650. The van der Waals surface area contributed by atoms with Crippen LogP contribution in [0.15, 0.2) is 0 Å². The minimum Gasteiger partial charge on any atom is -0.481 e. The van der Waals surface area contributed by atoms with Gasteiger partial charge in [0, 0.05) is 11.9 Å². The predicted octanol–water partition coefficient (Wildman–Crippen LogP) is 3.45. The predicted molar refractivity (Wildman–Crippen MR) is 110 cm³/mol. The Bertz CT molecular complexity index is 837. The molecule has 4 saturated carbocycles. The molecule has 0 aromatic heterocycles. The third-order valence-corrected chi connectivity index (χ3v) is 9.48. The number of aliphatic carboxylic acids is 1. The highest BCUT2D eigenvalue weighted by Crippen LogP contribution is 2.68. The number of hydrogen-bond acceptors (Lipinski definition) is 4. The molecule has 0 saturated heterocycles. The summed E-state index contributed by atoms with van der Waals surface area (Å²) >= 11 is 0. The van der Waals surface area contributed by atoms with Crippen LogP contribution >= 0.6 is 0 Å². The van der Waals surface area contributed by atoms with Crippen molar-refractivity contribution >= 4 is 5.97 Å². The average molecular weight is 414 g/mol. The summed E-state index contributed by atoms with van der Waals surface area (Å²) in [6, 6.07) is 0. The van der Waals surface area contributed by atoms with Crippen LogP contribution in [-0.4, -0.2) is 44.7 Å². The lowest BCUT2D eigenvalue weighted by Crippen LogP contribution is -2.64. The van der Waals surface area contributed by atoms with Crippen LogP contribution in [0.1, 0.15) is 85.3 Å². The Morgan fingerprint density at radius 3 is 2.45 bits per heavy atom. The quantitative estimate of drug-likeness (QED) is 0.566. The van der Waals surface area contributed by atoms with Crippen molar-refractivity contribution in [2.45, 2.75) is 96.8 Å². The molecule has 0 bridgehead atoms. The van der Waals surface area contributed by atoms with Gasteiger partial charge in [0.2, 0.25) is 0 Å². The Morgan fingerprint density at radius 2 is 1.76 bits per heavy atom. The Balaban J connectivity index is 1.70. The molecule has 11 atom stereocenters. The van der Waals surface area contributed by atoms with Crippen molar-refractivity contribution in [2.75, 3.05) is 0 Å². The SMILES string of the molecule is [2H]C1([2H])C[C@@]2(C)[C@H]([C@H](O)[C@@H](O)[C@@H]3[C@@H]2CC[C@]2(C)[C@@H]([C@H](C)CCC(=O)O)CC[C@@H]32)C([2H])([2H])[C@]1([2H])O. The van der Waals surface area contributed by atoms with Gasteiger partial charge in [-0.15, -0.1) is 0 Å². The zero-order valence-corrected chi connectivity index (χ0v) is 17.8. The summed E-state index contributed by atoms with van der Waals surface area (Å²) in [6.07, 6.45) is -7.42. The molecule has 29 heavy (non-hydrogen) atoms. The van der Waals surface area contributed by atoms with Gasteiger partial charge in [0.15, 0.2) is 0 Å². The van der Waals surface area contributed by atoms with E-state index in [0.29, 0.717) is 12.8 Å². The second-order valence-corrected chi connectivity index (χ2v) is 10.7. The van der Waals surface area contributed by atoms with Crippen molar-refractivity contribution in [1.82, 2.24) is 0 Å². The van der Waals surface area contributed by atoms with E-state index in [0.717, 1.165) is 19.3 Å². The first-order valence-corrected chi connectivity index (χ1v) is 11.2. The van der Waals surface area contributed by atoms with Gasteiger partial charge < -0.3 is 20.4 Å². The van der Waals surface area contributed by atoms with Crippen LogP contribution < -0.4 is 0 Å². The van der Waals surface area contributed by atoms with Gasteiger partial charge in [-0.3, -0.25) is 4.79 Å². The smallest absolute Gasteiger partial charge is 0.303 e. The molecular formula is C24H40O5. The summed E-state index contributed by atoms with van der Waals surface area (Å²) in [6.45, 7) is 6.08. The third kappa shape index (κ3) is 3.27. The summed E-state index contributed by atoms with van der Waals surface area (Å²) in [5.41, 5.74) is -1.18. The lowest BCUT2D eigenvalue weighted by atomic mass is 9.43. The summed E-state index contributed by atoms with van der Waals surface area (Å²) in [4.78, 5) is 11.1. The highest BCUT2D eigenvalue weighted by molar-refractivity contribution is 5.66. The normalized spacial score (nSPS) is 61.4. The molecule has 0 heterocycles. The molecule has 5 heteroatoms. The largest absolute Gasteiger partial charge is 0.481 e. The second-order valence-electron chi connectivity index (χ2n) is 10.7. The maximum Gasteiger partial charge on any atom is 0.303 e.